The second kappa shape index (κ2) is 6.67. The third-order valence-electron chi connectivity index (χ3n) is 3.52. The number of aromatic nitrogens is 1. The molecule has 0 aliphatic carbocycles. The quantitative estimate of drug-likeness (QED) is 0.902. The predicted molar refractivity (Wildman–Crippen MR) is 78.4 cm³/mol. The van der Waals surface area contributed by atoms with Crippen LogP contribution in [0.25, 0.3) is 0 Å². The molecule has 2 heterocycles. The Morgan fingerprint density at radius 3 is 2.52 bits per heavy atom. The van der Waals surface area contributed by atoms with Crippen molar-refractivity contribution in [3.63, 3.8) is 0 Å². The van der Waals surface area contributed by atoms with Crippen molar-refractivity contribution >= 4 is 11.9 Å². The minimum atomic E-state index is -1.12. The van der Waals surface area contributed by atoms with Gasteiger partial charge < -0.3 is 10.0 Å². The molecular formula is C15H21N3O3. The van der Waals surface area contributed by atoms with Gasteiger partial charge in [-0.25, -0.2) is 4.79 Å². The number of aromatic carboxylic acids is 1. The average molecular weight is 291 g/mol. The molecule has 1 aromatic rings. The van der Waals surface area contributed by atoms with Gasteiger partial charge in [0.2, 0.25) is 0 Å². The lowest BCUT2D eigenvalue weighted by atomic mass is 10.1. The van der Waals surface area contributed by atoms with Crippen molar-refractivity contribution in [2.24, 2.45) is 5.92 Å². The zero-order chi connectivity index (χ0) is 15.4. The first kappa shape index (κ1) is 15.4. The van der Waals surface area contributed by atoms with Gasteiger partial charge in [-0.05, 0) is 18.1 Å². The van der Waals surface area contributed by atoms with Gasteiger partial charge in [0.1, 0.15) is 5.69 Å². The largest absolute Gasteiger partial charge is 0.478 e. The molecule has 1 N–H and O–H groups in total. The summed E-state index contributed by atoms with van der Waals surface area (Å²) in [6.45, 7) is 8.22. The zero-order valence-corrected chi connectivity index (χ0v) is 12.5. The molecule has 21 heavy (non-hydrogen) atoms. The molecule has 0 bridgehead atoms. The number of carboxylic acids is 1. The van der Waals surface area contributed by atoms with Gasteiger partial charge >= 0.3 is 5.97 Å². The Balaban J connectivity index is 2.04. The van der Waals surface area contributed by atoms with Crippen molar-refractivity contribution in [1.82, 2.24) is 14.8 Å². The molecular weight excluding hydrogens is 270 g/mol. The molecule has 6 heteroatoms. The Morgan fingerprint density at radius 2 is 1.95 bits per heavy atom. The van der Waals surface area contributed by atoms with Crippen LogP contribution in [0.15, 0.2) is 18.3 Å². The number of hydrogen-bond donors (Lipinski definition) is 1. The van der Waals surface area contributed by atoms with Crippen molar-refractivity contribution in [3.05, 3.63) is 29.6 Å². The highest BCUT2D eigenvalue weighted by atomic mass is 16.4. The van der Waals surface area contributed by atoms with E-state index in [-0.39, 0.29) is 17.2 Å². The standard InChI is InChI=1S/C15H21N3O3/c1-11(2)10-17-6-8-18(9-7-17)14(19)13-12(15(20)21)4-3-5-16-13/h3-5,11H,6-10H2,1-2H3,(H,20,21). The highest BCUT2D eigenvalue weighted by Crippen LogP contribution is 2.12. The van der Waals surface area contributed by atoms with E-state index in [1.807, 2.05) is 0 Å². The Morgan fingerprint density at radius 1 is 1.29 bits per heavy atom. The van der Waals surface area contributed by atoms with Crippen molar-refractivity contribution < 1.29 is 14.7 Å². The zero-order valence-electron chi connectivity index (χ0n) is 12.5. The Bertz CT molecular complexity index is 523. The lowest BCUT2D eigenvalue weighted by molar-refractivity contribution is 0.0599. The van der Waals surface area contributed by atoms with Crippen LogP contribution in [0.5, 0.6) is 0 Å². The van der Waals surface area contributed by atoms with Crippen LogP contribution in [0, 0.1) is 5.92 Å². The third kappa shape index (κ3) is 3.78. The van der Waals surface area contributed by atoms with Gasteiger partial charge in [-0.1, -0.05) is 13.8 Å². The second-order valence-electron chi connectivity index (χ2n) is 5.69. The number of carbonyl (C=O) groups excluding carboxylic acids is 1. The van der Waals surface area contributed by atoms with Crippen LogP contribution >= 0.6 is 0 Å². The molecule has 1 saturated heterocycles. The van der Waals surface area contributed by atoms with Crippen LogP contribution in [0.4, 0.5) is 0 Å². The monoisotopic (exact) mass is 291 g/mol. The first-order chi connectivity index (χ1) is 9.99. The summed E-state index contributed by atoms with van der Waals surface area (Å²) in [5.74, 6) is -0.816. The molecule has 0 saturated carbocycles. The van der Waals surface area contributed by atoms with Crippen LogP contribution in [-0.4, -0.2) is 64.5 Å². The first-order valence-corrected chi connectivity index (χ1v) is 7.19. The number of piperazine rings is 1. The van der Waals surface area contributed by atoms with Crippen molar-refractivity contribution in [2.75, 3.05) is 32.7 Å². The number of rotatable bonds is 4. The summed E-state index contributed by atoms with van der Waals surface area (Å²) in [6, 6.07) is 2.94. The summed E-state index contributed by atoms with van der Waals surface area (Å²) >= 11 is 0. The SMILES string of the molecule is CC(C)CN1CCN(C(=O)c2ncccc2C(=O)O)CC1. The highest BCUT2D eigenvalue weighted by molar-refractivity contribution is 6.03. The van der Waals surface area contributed by atoms with E-state index in [9.17, 15) is 9.59 Å². The Kier molecular flexibility index (Phi) is 4.90. The first-order valence-electron chi connectivity index (χ1n) is 7.19. The van der Waals surface area contributed by atoms with E-state index in [1.165, 1.54) is 18.3 Å². The molecule has 1 aromatic heterocycles. The molecule has 114 valence electrons. The van der Waals surface area contributed by atoms with E-state index in [0.29, 0.717) is 19.0 Å². The predicted octanol–water partition coefficient (Wildman–Crippen LogP) is 1.19. The topological polar surface area (TPSA) is 73.7 Å². The molecule has 0 radical (unpaired) electrons. The lowest BCUT2D eigenvalue weighted by Gasteiger charge is -2.35. The smallest absolute Gasteiger partial charge is 0.338 e. The van der Waals surface area contributed by atoms with Gasteiger partial charge in [-0.3, -0.25) is 14.7 Å². The van der Waals surface area contributed by atoms with Crippen LogP contribution in [0.2, 0.25) is 0 Å². The fraction of sp³-hybridized carbons (Fsp3) is 0.533. The molecule has 0 aromatic carbocycles. The van der Waals surface area contributed by atoms with Crippen LogP contribution in [-0.2, 0) is 0 Å². The highest BCUT2D eigenvalue weighted by Gasteiger charge is 2.26. The minimum Gasteiger partial charge on any atom is -0.478 e. The molecule has 0 atom stereocenters. The summed E-state index contributed by atoms with van der Waals surface area (Å²) in [7, 11) is 0. The summed E-state index contributed by atoms with van der Waals surface area (Å²) in [4.78, 5) is 31.6. The summed E-state index contributed by atoms with van der Waals surface area (Å²) < 4.78 is 0. The van der Waals surface area contributed by atoms with E-state index in [4.69, 9.17) is 5.11 Å². The fourth-order valence-corrected chi connectivity index (χ4v) is 2.55. The number of hydrogen-bond acceptors (Lipinski definition) is 4. The van der Waals surface area contributed by atoms with E-state index in [1.54, 1.807) is 4.90 Å². The molecule has 0 spiro atoms. The van der Waals surface area contributed by atoms with Crippen molar-refractivity contribution in [3.8, 4) is 0 Å². The maximum Gasteiger partial charge on any atom is 0.338 e. The Labute approximate surface area is 124 Å². The molecule has 0 unspecified atom stereocenters. The van der Waals surface area contributed by atoms with Gasteiger partial charge in [-0.15, -0.1) is 0 Å². The van der Waals surface area contributed by atoms with Crippen molar-refractivity contribution in [2.45, 2.75) is 13.8 Å². The van der Waals surface area contributed by atoms with E-state index < -0.39 is 5.97 Å². The molecule has 1 fully saturated rings. The molecule has 1 amide bonds. The number of carbonyl (C=O) groups is 2. The van der Waals surface area contributed by atoms with E-state index in [0.717, 1.165) is 19.6 Å². The van der Waals surface area contributed by atoms with Crippen molar-refractivity contribution in [1.29, 1.82) is 0 Å². The molecule has 2 rings (SSSR count). The molecule has 1 aliphatic heterocycles. The van der Waals surface area contributed by atoms with Gasteiger partial charge in [-0.2, -0.15) is 0 Å². The Hall–Kier alpha value is -1.95. The number of amides is 1. The summed E-state index contributed by atoms with van der Waals surface area (Å²) in [6.07, 6.45) is 1.45. The third-order valence-corrected chi connectivity index (χ3v) is 3.52. The van der Waals surface area contributed by atoms with Crippen LogP contribution < -0.4 is 0 Å². The van der Waals surface area contributed by atoms with Gasteiger partial charge in [0.05, 0.1) is 5.56 Å². The lowest BCUT2D eigenvalue weighted by Crippen LogP contribution is -2.49. The maximum absolute atomic E-state index is 12.4. The van der Waals surface area contributed by atoms with Crippen LogP contribution in [0.1, 0.15) is 34.7 Å². The fourth-order valence-electron chi connectivity index (χ4n) is 2.55. The summed E-state index contributed by atoms with van der Waals surface area (Å²) in [5.41, 5.74) is -0.00517. The maximum atomic E-state index is 12.4. The van der Waals surface area contributed by atoms with Gasteiger partial charge in [0, 0.05) is 38.9 Å². The van der Waals surface area contributed by atoms with Gasteiger partial charge in [0.15, 0.2) is 0 Å². The van der Waals surface area contributed by atoms with E-state index >= 15 is 0 Å². The summed E-state index contributed by atoms with van der Waals surface area (Å²) in [5, 5.41) is 9.14. The number of nitrogens with zero attached hydrogens (tertiary/aromatic N) is 3. The van der Waals surface area contributed by atoms with E-state index in [2.05, 4.69) is 23.7 Å². The van der Waals surface area contributed by atoms with Crippen LogP contribution in [0.3, 0.4) is 0 Å². The molecule has 6 nitrogen and oxygen atoms in total. The normalized spacial score (nSPS) is 16.2. The minimum absolute atomic E-state index is 0.0299. The average Bonchev–Trinajstić information content (AvgIpc) is 2.46. The van der Waals surface area contributed by atoms with Gasteiger partial charge in [0.25, 0.3) is 5.91 Å². The number of pyridine rings is 1. The second-order valence-corrected chi connectivity index (χ2v) is 5.69. The number of carboxylic acid groups (broad SMARTS) is 1. The molecule has 1 aliphatic rings.